The largest absolute Gasteiger partial charge is 0.476 e. The minimum atomic E-state index is -3.92. The molecular formula is C7H6N4O4S. The molecule has 9 heteroatoms. The van der Waals surface area contributed by atoms with E-state index < -0.39 is 33.3 Å². The third kappa shape index (κ3) is 2.89. The van der Waals surface area contributed by atoms with E-state index in [1.807, 2.05) is 4.72 Å². The van der Waals surface area contributed by atoms with Gasteiger partial charge in [-0.05, 0) is 0 Å². The van der Waals surface area contributed by atoms with Gasteiger partial charge in [0.1, 0.15) is 0 Å². The number of carbonyl (C=O) groups is 1. The molecule has 0 saturated carbocycles. The van der Waals surface area contributed by atoms with Crippen LogP contribution in [0.3, 0.4) is 0 Å². The Balaban J connectivity index is 3.08. The van der Waals surface area contributed by atoms with Crippen LogP contribution in [0.5, 0.6) is 0 Å². The first-order chi connectivity index (χ1) is 7.46. The number of carboxylic acids is 1. The minimum Gasteiger partial charge on any atom is -0.476 e. The summed E-state index contributed by atoms with van der Waals surface area (Å²) in [5.41, 5.74) is -0.524. The molecule has 0 amide bonds. The first kappa shape index (κ1) is 11.9. The van der Waals surface area contributed by atoms with E-state index in [4.69, 9.17) is 10.4 Å². The van der Waals surface area contributed by atoms with Crippen molar-refractivity contribution in [2.45, 2.75) is 0 Å². The number of nitrogens with zero attached hydrogens (tertiary/aromatic N) is 3. The zero-order chi connectivity index (χ0) is 12.2. The average molecular weight is 242 g/mol. The van der Waals surface area contributed by atoms with E-state index in [9.17, 15) is 13.2 Å². The molecule has 1 aromatic heterocycles. The van der Waals surface area contributed by atoms with Crippen molar-refractivity contribution in [3.63, 3.8) is 0 Å². The zero-order valence-corrected chi connectivity index (χ0v) is 8.60. The number of nitrogens with one attached hydrogen (secondary N) is 1. The van der Waals surface area contributed by atoms with Gasteiger partial charge >= 0.3 is 5.97 Å². The van der Waals surface area contributed by atoms with Gasteiger partial charge in [-0.1, -0.05) is 0 Å². The van der Waals surface area contributed by atoms with Gasteiger partial charge in [0.2, 0.25) is 10.0 Å². The molecule has 8 nitrogen and oxygen atoms in total. The summed E-state index contributed by atoms with van der Waals surface area (Å²) >= 11 is 0. The average Bonchev–Trinajstić information content (AvgIpc) is 2.17. The molecule has 0 atom stereocenters. The monoisotopic (exact) mass is 242 g/mol. The number of rotatable bonds is 4. The van der Waals surface area contributed by atoms with Crippen LogP contribution in [0, 0.1) is 11.3 Å². The van der Waals surface area contributed by atoms with Crippen molar-refractivity contribution in [2.75, 3.05) is 10.5 Å². The van der Waals surface area contributed by atoms with E-state index in [0.717, 1.165) is 12.4 Å². The van der Waals surface area contributed by atoms with E-state index in [1.54, 1.807) is 0 Å². The normalized spacial score (nSPS) is 10.4. The molecule has 0 aliphatic carbocycles. The van der Waals surface area contributed by atoms with E-state index >= 15 is 0 Å². The van der Waals surface area contributed by atoms with Crippen molar-refractivity contribution in [3.8, 4) is 6.07 Å². The lowest BCUT2D eigenvalue weighted by molar-refractivity contribution is 0.0691. The van der Waals surface area contributed by atoms with E-state index in [-0.39, 0.29) is 0 Å². The fourth-order valence-corrected chi connectivity index (χ4v) is 1.52. The molecule has 0 unspecified atom stereocenters. The predicted molar refractivity (Wildman–Crippen MR) is 52.0 cm³/mol. The number of sulfonamides is 1. The van der Waals surface area contributed by atoms with Crippen LogP contribution < -0.4 is 4.72 Å². The Bertz CT molecular complexity index is 548. The summed E-state index contributed by atoms with van der Waals surface area (Å²) in [5, 5.41) is 16.9. The fraction of sp³-hybridized carbons (Fsp3) is 0.143. The molecule has 0 saturated heterocycles. The van der Waals surface area contributed by atoms with Crippen LogP contribution in [0.4, 0.5) is 5.82 Å². The van der Waals surface area contributed by atoms with Gasteiger partial charge in [-0.2, -0.15) is 5.26 Å². The molecular weight excluding hydrogens is 236 g/mol. The van der Waals surface area contributed by atoms with Crippen LogP contribution in [-0.2, 0) is 10.0 Å². The Kier molecular flexibility index (Phi) is 3.37. The highest BCUT2D eigenvalue weighted by Crippen LogP contribution is 2.09. The van der Waals surface area contributed by atoms with E-state index in [0.29, 0.717) is 0 Å². The van der Waals surface area contributed by atoms with E-state index in [2.05, 4.69) is 9.97 Å². The summed E-state index contributed by atoms with van der Waals surface area (Å²) in [6.45, 7) is 0. The van der Waals surface area contributed by atoms with Gasteiger partial charge in [0.15, 0.2) is 17.3 Å². The van der Waals surface area contributed by atoms with Crippen LogP contribution in [-0.4, -0.2) is 35.2 Å². The van der Waals surface area contributed by atoms with Gasteiger partial charge in [0.05, 0.1) is 6.07 Å². The number of anilines is 1. The standard InChI is InChI=1S/C7H6N4O4S/c8-1-4-16(14,15)11-6-5(7(12)13)9-2-3-10-6/h2-3H,4H2,(H,10,11)(H,12,13). The molecule has 0 radical (unpaired) electrons. The highest BCUT2D eigenvalue weighted by molar-refractivity contribution is 7.92. The lowest BCUT2D eigenvalue weighted by atomic mass is 10.4. The summed E-state index contributed by atoms with van der Waals surface area (Å²) in [4.78, 5) is 17.6. The number of aromatic carboxylic acids is 1. The Morgan fingerprint density at radius 3 is 2.69 bits per heavy atom. The second-order valence-electron chi connectivity index (χ2n) is 2.58. The maximum atomic E-state index is 11.2. The van der Waals surface area contributed by atoms with Crippen molar-refractivity contribution in [2.24, 2.45) is 0 Å². The molecule has 84 valence electrons. The maximum Gasteiger partial charge on any atom is 0.358 e. The predicted octanol–water partition coefficient (Wildman–Crippen LogP) is -0.560. The van der Waals surface area contributed by atoms with Crippen molar-refractivity contribution >= 4 is 21.8 Å². The molecule has 16 heavy (non-hydrogen) atoms. The molecule has 0 aliphatic rings. The van der Waals surface area contributed by atoms with Crippen molar-refractivity contribution in [3.05, 3.63) is 18.1 Å². The smallest absolute Gasteiger partial charge is 0.358 e. The minimum absolute atomic E-state index is 0.412. The molecule has 0 bridgehead atoms. The van der Waals surface area contributed by atoms with Crippen molar-refractivity contribution < 1.29 is 18.3 Å². The van der Waals surface area contributed by atoms with Crippen LogP contribution >= 0.6 is 0 Å². The highest BCUT2D eigenvalue weighted by atomic mass is 32.2. The Labute approximate surface area is 90.6 Å². The lowest BCUT2D eigenvalue weighted by Crippen LogP contribution is -2.19. The summed E-state index contributed by atoms with van der Waals surface area (Å²) in [7, 11) is -3.92. The van der Waals surface area contributed by atoms with Gasteiger partial charge in [-0.15, -0.1) is 0 Å². The molecule has 0 aromatic carbocycles. The molecule has 0 aliphatic heterocycles. The Hall–Kier alpha value is -2.21. The first-order valence-corrected chi connectivity index (χ1v) is 5.53. The van der Waals surface area contributed by atoms with Crippen LogP contribution in [0.15, 0.2) is 12.4 Å². The first-order valence-electron chi connectivity index (χ1n) is 3.88. The van der Waals surface area contributed by atoms with Gasteiger partial charge in [0.25, 0.3) is 0 Å². The second-order valence-corrected chi connectivity index (χ2v) is 4.30. The highest BCUT2D eigenvalue weighted by Gasteiger charge is 2.18. The quantitative estimate of drug-likeness (QED) is 0.722. The van der Waals surface area contributed by atoms with Crippen LogP contribution in [0.1, 0.15) is 10.5 Å². The summed E-state index contributed by atoms with van der Waals surface area (Å²) in [6, 6.07) is 1.43. The van der Waals surface area contributed by atoms with Crippen LogP contribution in [0.2, 0.25) is 0 Å². The number of carboxylic acid groups (broad SMARTS) is 1. The van der Waals surface area contributed by atoms with Gasteiger partial charge in [0, 0.05) is 12.4 Å². The molecule has 0 fully saturated rings. The Morgan fingerprint density at radius 2 is 2.12 bits per heavy atom. The van der Waals surface area contributed by atoms with Gasteiger partial charge in [-0.25, -0.2) is 23.2 Å². The molecule has 1 rings (SSSR count). The maximum absolute atomic E-state index is 11.2. The zero-order valence-electron chi connectivity index (χ0n) is 7.78. The molecule has 1 heterocycles. The number of nitriles is 1. The summed E-state index contributed by atoms with van der Waals surface area (Å²) < 4.78 is 24.2. The lowest BCUT2D eigenvalue weighted by Gasteiger charge is -2.05. The number of hydrogen-bond acceptors (Lipinski definition) is 6. The third-order valence-electron chi connectivity index (χ3n) is 1.41. The van der Waals surface area contributed by atoms with Gasteiger partial charge < -0.3 is 5.11 Å². The molecule has 2 N–H and O–H groups in total. The summed E-state index contributed by atoms with van der Waals surface area (Å²) in [5.74, 6) is -2.61. The summed E-state index contributed by atoms with van der Waals surface area (Å²) in [6.07, 6.45) is 2.25. The SMILES string of the molecule is N#CCS(=O)(=O)Nc1nccnc1C(=O)O. The third-order valence-corrected chi connectivity index (χ3v) is 2.42. The van der Waals surface area contributed by atoms with Crippen molar-refractivity contribution in [1.82, 2.24) is 9.97 Å². The van der Waals surface area contributed by atoms with Crippen LogP contribution in [0.25, 0.3) is 0 Å². The van der Waals surface area contributed by atoms with Gasteiger partial charge in [-0.3, -0.25) is 4.72 Å². The topological polar surface area (TPSA) is 133 Å². The Morgan fingerprint density at radius 1 is 1.50 bits per heavy atom. The molecule has 0 spiro atoms. The number of hydrogen-bond donors (Lipinski definition) is 2. The number of aromatic nitrogens is 2. The second kappa shape index (κ2) is 4.54. The fourth-order valence-electron chi connectivity index (χ4n) is 0.838. The van der Waals surface area contributed by atoms with E-state index in [1.165, 1.54) is 6.07 Å². The van der Waals surface area contributed by atoms with Crippen molar-refractivity contribution in [1.29, 1.82) is 5.26 Å². The molecule has 1 aromatic rings.